The maximum Gasteiger partial charge on any atom is 0.162 e. The Hall–Kier alpha value is -0.430. The molecule has 0 radical (unpaired) electrons. The number of hydrogen-bond donors (Lipinski definition) is 1. The van der Waals surface area contributed by atoms with Gasteiger partial charge in [-0.05, 0) is 61.1 Å². The molecule has 0 amide bonds. The van der Waals surface area contributed by atoms with Crippen molar-refractivity contribution in [3.8, 4) is 0 Å². The second-order valence-electron chi connectivity index (χ2n) is 5.83. The molecule has 19 heavy (non-hydrogen) atoms. The van der Waals surface area contributed by atoms with Gasteiger partial charge in [-0.15, -0.1) is 0 Å². The number of anilines is 1. The molecule has 0 aromatic carbocycles. The van der Waals surface area contributed by atoms with E-state index in [2.05, 4.69) is 48.3 Å². The standard InChI is InChI=1S/C14H22IN3O/c1-9(2)8-10-11(15)12(16)18-13(17-10)14(3)6-4-5-7-19-14/h9H,4-8H2,1-3H3,(H2,16,17,18). The van der Waals surface area contributed by atoms with Crippen molar-refractivity contribution in [1.29, 1.82) is 0 Å². The average Bonchev–Trinajstić information content (AvgIpc) is 2.35. The molecule has 1 aromatic heterocycles. The molecule has 4 nitrogen and oxygen atoms in total. The van der Waals surface area contributed by atoms with Crippen molar-refractivity contribution in [2.24, 2.45) is 5.92 Å². The van der Waals surface area contributed by atoms with Crippen LogP contribution in [0.4, 0.5) is 5.82 Å². The Balaban J connectivity index is 2.38. The Morgan fingerprint density at radius 3 is 2.68 bits per heavy atom. The number of nitrogens with zero attached hydrogens (tertiary/aromatic N) is 2. The minimum absolute atomic E-state index is 0.373. The third kappa shape index (κ3) is 3.37. The van der Waals surface area contributed by atoms with Crippen LogP contribution in [0.25, 0.3) is 0 Å². The largest absolute Gasteiger partial charge is 0.383 e. The molecular weight excluding hydrogens is 353 g/mol. The van der Waals surface area contributed by atoms with Gasteiger partial charge in [0, 0.05) is 6.61 Å². The van der Waals surface area contributed by atoms with Crippen molar-refractivity contribution in [2.45, 2.75) is 52.1 Å². The second-order valence-corrected chi connectivity index (χ2v) is 6.91. The molecule has 106 valence electrons. The van der Waals surface area contributed by atoms with Gasteiger partial charge in [0.05, 0.1) is 9.26 Å². The zero-order valence-electron chi connectivity index (χ0n) is 11.9. The molecule has 2 rings (SSSR count). The fourth-order valence-electron chi connectivity index (χ4n) is 2.38. The molecule has 1 aliphatic rings. The van der Waals surface area contributed by atoms with E-state index in [0.717, 1.165) is 47.4 Å². The Labute approximate surface area is 128 Å². The van der Waals surface area contributed by atoms with Gasteiger partial charge in [0.15, 0.2) is 5.82 Å². The van der Waals surface area contributed by atoms with E-state index in [-0.39, 0.29) is 5.60 Å². The number of nitrogens with two attached hydrogens (primary N) is 1. The van der Waals surface area contributed by atoms with Crippen molar-refractivity contribution in [3.05, 3.63) is 15.1 Å². The van der Waals surface area contributed by atoms with Crippen molar-refractivity contribution in [1.82, 2.24) is 9.97 Å². The van der Waals surface area contributed by atoms with Crippen LogP contribution in [0.1, 0.15) is 51.6 Å². The lowest BCUT2D eigenvalue weighted by atomic mass is 9.94. The summed E-state index contributed by atoms with van der Waals surface area (Å²) in [5, 5.41) is 0. The Bertz CT molecular complexity index is 456. The molecule has 1 unspecified atom stereocenters. The number of ether oxygens (including phenoxy) is 1. The number of rotatable bonds is 3. The zero-order valence-corrected chi connectivity index (χ0v) is 14.0. The lowest BCUT2D eigenvalue weighted by molar-refractivity contribution is -0.0761. The van der Waals surface area contributed by atoms with Crippen LogP contribution in [0.2, 0.25) is 0 Å². The summed E-state index contributed by atoms with van der Waals surface area (Å²) in [6, 6.07) is 0. The molecule has 1 fully saturated rings. The minimum atomic E-state index is -0.373. The first kappa shape index (κ1) is 15.0. The minimum Gasteiger partial charge on any atom is -0.383 e. The summed E-state index contributed by atoms with van der Waals surface area (Å²) in [5.74, 6) is 1.88. The summed E-state index contributed by atoms with van der Waals surface area (Å²) in [6.07, 6.45) is 4.17. The summed E-state index contributed by atoms with van der Waals surface area (Å²) in [4.78, 5) is 9.22. The molecule has 5 heteroatoms. The molecule has 1 saturated heterocycles. The first-order chi connectivity index (χ1) is 8.92. The van der Waals surface area contributed by atoms with Gasteiger partial charge in [-0.2, -0.15) is 0 Å². The molecule has 2 heterocycles. The number of hydrogen-bond acceptors (Lipinski definition) is 4. The predicted octanol–water partition coefficient (Wildman–Crippen LogP) is 3.28. The van der Waals surface area contributed by atoms with Gasteiger partial charge >= 0.3 is 0 Å². The van der Waals surface area contributed by atoms with Crippen molar-refractivity contribution >= 4 is 28.4 Å². The highest BCUT2D eigenvalue weighted by atomic mass is 127. The van der Waals surface area contributed by atoms with E-state index < -0.39 is 0 Å². The average molecular weight is 375 g/mol. The zero-order chi connectivity index (χ0) is 14.0. The molecule has 1 aromatic rings. The van der Waals surface area contributed by atoms with Crippen LogP contribution < -0.4 is 5.73 Å². The van der Waals surface area contributed by atoms with E-state index in [1.807, 2.05) is 0 Å². The first-order valence-corrected chi connectivity index (χ1v) is 7.96. The Morgan fingerprint density at radius 2 is 2.11 bits per heavy atom. The van der Waals surface area contributed by atoms with Crippen LogP contribution in [-0.4, -0.2) is 16.6 Å². The van der Waals surface area contributed by atoms with Gasteiger partial charge < -0.3 is 10.5 Å². The quantitative estimate of drug-likeness (QED) is 0.824. The van der Waals surface area contributed by atoms with Gasteiger partial charge in [0.25, 0.3) is 0 Å². The second kappa shape index (κ2) is 5.91. The van der Waals surface area contributed by atoms with Crippen molar-refractivity contribution < 1.29 is 4.74 Å². The molecule has 0 spiro atoms. The number of nitrogen functional groups attached to an aromatic ring is 1. The predicted molar refractivity (Wildman–Crippen MR) is 84.9 cm³/mol. The van der Waals surface area contributed by atoms with Gasteiger partial charge in [-0.1, -0.05) is 13.8 Å². The van der Waals surface area contributed by atoms with Crippen LogP contribution in [0.5, 0.6) is 0 Å². The van der Waals surface area contributed by atoms with Gasteiger partial charge in [-0.25, -0.2) is 9.97 Å². The lowest BCUT2D eigenvalue weighted by Crippen LogP contribution is -2.33. The van der Waals surface area contributed by atoms with Gasteiger partial charge in [0.2, 0.25) is 0 Å². The van der Waals surface area contributed by atoms with E-state index in [4.69, 9.17) is 15.5 Å². The van der Waals surface area contributed by atoms with Gasteiger partial charge in [0.1, 0.15) is 11.4 Å². The highest BCUT2D eigenvalue weighted by molar-refractivity contribution is 14.1. The van der Waals surface area contributed by atoms with Crippen LogP contribution in [0.15, 0.2) is 0 Å². The molecular formula is C14H22IN3O. The SMILES string of the molecule is CC(C)Cc1nc(C2(C)CCCCO2)nc(N)c1I. The van der Waals surface area contributed by atoms with Crippen molar-refractivity contribution in [2.75, 3.05) is 12.3 Å². The number of halogens is 1. The summed E-state index contributed by atoms with van der Waals surface area (Å²) >= 11 is 2.24. The van der Waals surface area contributed by atoms with Crippen LogP contribution >= 0.6 is 22.6 Å². The lowest BCUT2D eigenvalue weighted by Gasteiger charge is -2.32. The molecule has 1 aliphatic heterocycles. The van der Waals surface area contributed by atoms with E-state index in [9.17, 15) is 0 Å². The van der Waals surface area contributed by atoms with E-state index in [1.165, 1.54) is 0 Å². The molecule has 0 bridgehead atoms. The van der Waals surface area contributed by atoms with Gasteiger partial charge in [-0.3, -0.25) is 0 Å². The van der Waals surface area contributed by atoms with Crippen molar-refractivity contribution in [3.63, 3.8) is 0 Å². The smallest absolute Gasteiger partial charge is 0.162 e. The fraction of sp³-hybridized carbons (Fsp3) is 0.714. The van der Waals surface area contributed by atoms with Crippen LogP contribution in [0.3, 0.4) is 0 Å². The molecule has 2 N–H and O–H groups in total. The summed E-state index contributed by atoms with van der Waals surface area (Å²) in [5.41, 5.74) is 6.73. The molecule has 0 saturated carbocycles. The maximum atomic E-state index is 6.05. The summed E-state index contributed by atoms with van der Waals surface area (Å²) in [6.45, 7) is 7.23. The molecule has 1 atom stereocenters. The third-order valence-corrected chi connectivity index (χ3v) is 4.66. The first-order valence-electron chi connectivity index (χ1n) is 6.88. The van der Waals surface area contributed by atoms with E-state index >= 15 is 0 Å². The highest BCUT2D eigenvalue weighted by Gasteiger charge is 2.34. The summed E-state index contributed by atoms with van der Waals surface area (Å²) in [7, 11) is 0. The Kier molecular flexibility index (Phi) is 4.66. The van der Waals surface area contributed by atoms with Crippen LogP contribution in [0, 0.1) is 9.49 Å². The highest BCUT2D eigenvalue weighted by Crippen LogP contribution is 2.34. The monoisotopic (exact) mass is 375 g/mol. The third-order valence-electron chi connectivity index (χ3n) is 3.49. The fourth-order valence-corrected chi connectivity index (χ4v) is 2.84. The topological polar surface area (TPSA) is 61.0 Å². The van der Waals surface area contributed by atoms with Crippen LogP contribution in [-0.2, 0) is 16.8 Å². The Morgan fingerprint density at radius 1 is 1.37 bits per heavy atom. The summed E-state index contributed by atoms with van der Waals surface area (Å²) < 4.78 is 6.90. The normalized spacial score (nSPS) is 23.8. The maximum absolute atomic E-state index is 6.05. The number of aromatic nitrogens is 2. The molecule has 0 aliphatic carbocycles. The van der Waals surface area contributed by atoms with E-state index in [0.29, 0.717) is 11.7 Å². The van der Waals surface area contributed by atoms with E-state index in [1.54, 1.807) is 0 Å².